The molecule has 0 aliphatic rings. The van der Waals surface area contributed by atoms with Crippen molar-refractivity contribution in [3.05, 3.63) is 0 Å². The van der Waals surface area contributed by atoms with Crippen molar-refractivity contribution >= 4 is 23.9 Å². The second-order valence-corrected chi connectivity index (χ2v) is 4.51. The number of methoxy groups -OCH3 is 1. The Bertz CT molecular complexity index is 397. The van der Waals surface area contributed by atoms with Crippen LogP contribution in [0.15, 0.2) is 0 Å². The molecular formula is C14H27N3O8. The number of rotatable bonds is 11. The predicted octanol–water partition coefficient (Wildman–Crippen LogP) is -1.66. The van der Waals surface area contributed by atoms with Crippen LogP contribution in [-0.4, -0.2) is 75.3 Å². The van der Waals surface area contributed by atoms with Gasteiger partial charge >= 0.3 is 23.9 Å². The van der Waals surface area contributed by atoms with Crippen molar-refractivity contribution in [2.24, 2.45) is 11.7 Å². The van der Waals surface area contributed by atoms with Gasteiger partial charge in [-0.25, -0.2) is 4.79 Å². The van der Waals surface area contributed by atoms with E-state index in [0.29, 0.717) is 19.6 Å². The molecule has 0 rings (SSSR count). The highest BCUT2D eigenvalue weighted by atomic mass is 16.6. The maximum atomic E-state index is 11.5. The third-order valence-corrected chi connectivity index (χ3v) is 2.64. The summed E-state index contributed by atoms with van der Waals surface area (Å²) >= 11 is 0. The number of nitrogens with zero attached hydrogens (tertiary/aromatic N) is 1. The van der Waals surface area contributed by atoms with E-state index in [1.54, 1.807) is 4.90 Å². The van der Waals surface area contributed by atoms with Crippen molar-refractivity contribution < 1.29 is 38.1 Å². The Labute approximate surface area is 146 Å². The molecule has 0 amide bonds. The van der Waals surface area contributed by atoms with Crippen LogP contribution in [-0.2, 0) is 38.1 Å². The highest BCUT2D eigenvalue weighted by molar-refractivity contribution is 5.76. The molecule has 0 aromatic carbocycles. The van der Waals surface area contributed by atoms with Crippen LogP contribution in [0.4, 0.5) is 0 Å². The zero-order valence-electron chi connectivity index (χ0n) is 14.8. The van der Waals surface area contributed by atoms with Crippen molar-refractivity contribution in [3.63, 3.8) is 0 Å². The minimum atomic E-state index is -0.639. The third kappa shape index (κ3) is 17.9. The van der Waals surface area contributed by atoms with E-state index < -0.39 is 30.5 Å². The van der Waals surface area contributed by atoms with Crippen LogP contribution in [0.2, 0.25) is 0 Å². The molecule has 4 N–H and O–H groups in total. The van der Waals surface area contributed by atoms with E-state index in [1.807, 2.05) is 0 Å². The molecule has 0 atom stereocenters. The molecule has 0 unspecified atom stereocenters. The van der Waals surface area contributed by atoms with Crippen LogP contribution >= 0.6 is 0 Å². The summed E-state index contributed by atoms with van der Waals surface area (Å²) in [5.41, 5.74) is 0. The maximum Gasteiger partial charge on any atom is 0.344 e. The normalized spacial score (nSPS) is 9.52. The molecule has 0 aromatic rings. The van der Waals surface area contributed by atoms with Crippen LogP contribution in [0, 0.1) is 0 Å². The summed E-state index contributed by atoms with van der Waals surface area (Å²) < 4.78 is 18.7. The molecule has 0 spiro atoms. The van der Waals surface area contributed by atoms with Gasteiger partial charge in [0.1, 0.15) is 13.2 Å². The van der Waals surface area contributed by atoms with Gasteiger partial charge in [0.15, 0.2) is 6.61 Å². The first-order valence-electron chi connectivity index (χ1n) is 7.40. The third-order valence-electron chi connectivity index (χ3n) is 2.64. The van der Waals surface area contributed by atoms with Gasteiger partial charge in [-0.15, -0.1) is 0 Å². The van der Waals surface area contributed by atoms with Gasteiger partial charge in [-0.2, -0.15) is 0 Å². The number of carbonyl (C=O) groups excluding carboxylic acids is 4. The van der Waals surface area contributed by atoms with E-state index in [0.717, 1.165) is 0 Å². The van der Waals surface area contributed by atoms with Crippen molar-refractivity contribution in [2.75, 3.05) is 46.6 Å². The number of hydrogen-bond acceptors (Lipinski definition) is 11. The Morgan fingerprint density at radius 3 is 1.68 bits per heavy atom. The zero-order valence-corrected chi connectivity index (χ0v) is 14.8. The summed E-state index contributed by atoms with van der Waals surface area (Å²) in [6, 6.07) is 0. The summed E-state index contributed by atoms with van der Waals surface area (Å²) in [5, 5.41) is 0. The summed E-state index contributed by atoms with van der Waals surface area (Å²) in [4.78, 5) is 45.6. The van der Waals surface area contributed by atoms with Gasteiger partial charge in [0, 0.05) is 33.5 Å². The topological polar surface area (TPSA) is 160 Å². The Morgan fingerprint density at radius 1 is 0.800 bits per heavy atom. The van der Waals surface area contributed by atoms with Gasteiger partial charge < -0.3 is 18.9 Å². The average molecular weight is 365 g/mol. The molecule has 0 saturated heterocycles. The molecule has 0 aliphatic heterocycles. The predicted molar refractivity (Wildman–Crippen MR) is 85.7 cm³/mol. The molecule has 0 aromatic heterocycles. The zero-order chi connectivity index (χ0) is 19.7. The fourth-order valence-corrected chi connectivity index (χ4v) is 1.49. The van der Waals surface area contributed by atoms with Crippen LogP contribution in [0.25, 0.3) is 0 Å². The summed E-state index contributed by atoms with van der Waals surface area (Å²) in [5.74, 6) is 6.00. The first-order valence-corrected chi connectivity index (χ1v) is 7.40. The molecule has 0 fully saturated rings. The van der Waals surface area contributed by atoms with Crippen molar-refractivity contribution in [3.8, 4) is 0 Å². The monoisotopic (exact) mass is 365 g/mol. The molecule has 11 nitrogen and oxygen atoms in total. The number of hydrogen-bond donors (Lipinski definition) is 2. The number of nitrogens with two attached hydrogens (primary N) is 2. The molecule has 0 radical (unpaired) electrons. The molecule has 0 saturated carbocycles. The lowest BCUT2D eigenvalue weighted by molar-refractivity contribution is -0.157. The average Bonchev–Trinajstić information content (AvgIpc) is 2.58. The second-order valence-electron chi connectivity index (χ2n) is 4.51. The smallest absolute Gasteiger partial charge is 0.344 e. The quantitative estimate of drug-likeness (QED) is 0.186. The lowest BCUT2D eigenvalue weighted by atomic mass is 10.3. The standard InChI is InChI=1S/C14H23NO8.H4N2/c1-11(16)21-8-6-15(7-9-22-12(2)17)5-4-13(18)23-10-14(19)20-3;1-2/h4-10H2,1-3H3;1-2H2. The summed E-state index contributed by atoms with van der Waals surface area (Å²) in [6.07, 6.45) is 0.0388. The summed E-state index contributed by atoms with van der Waals surface area (Å²) in [7, 11) is 1.20. The molecule has 0 bridgehead atoms. The molecule has 0 heterocycles. The van der Waals surface area contributed by atoms with Gasteiger partial charge in [0.2, 0.25) is 0 Å². The van der Waals surface area contributed by atoms with Crippen LogP contribution in [0.5, 0.6) is 0 Å². The second kappa shape index (κ2) is 16.6. The van der Waals surface area contributed by atoms with E-state index in [9.17, 15) is 19.2 Å². The van der Waals surface area contributed by atoms with E-state index >= 15 is 0 Å². The van der Waals surface area contributed by atoms with E-state index in [-0.39, 0.29) is 19.6 Å². The number of hydrazine groups is 1. The van der Waals surface area contributed by atoms with Gasteiger partial charge in [-0.1, -0.05) is 0 Å². The van der Waals surface area contributed by atoms with Crippen LogP contribution < -0.4 is 11.7 Å². The lowest BCUT2D eigenvalue weighted by Crippen LogP contribution is -2.34. The van der Waals surface area contributed by atoms with Crippen LogP contribution in [0.3, 0.4) is 0 Å². The fraction of sp³-hybridized carbons (Fsp3) is 0.714. The van der Waals surface area contributed by atoms with Crippen molar-refractivity contribution in [1.29, 1.82) is 0 Å². The number of ether oxygens (including phenoxy) is 4. The maximum absolute atomic E-state index is 11.5. The lowest BCUT2D eigenvalue weighted by Gasteiger charge is -2.21. The molecule has 0 aliphatic carbocycles. The molecule has 11 heteroatoms. The highest BCUT2D eigenvalue weighted by Gasteiger charge is 2.12. The minimum absolute atomic E-state index is 0.0388. The summed E-state index contributed by atoms with van der Waals surface area (Å²) in [6.45, 7) is 3.55. The Kier molecular flexibility index (Phi) is 16.6. The largest absolute Gasteiger partial charge is 0.466 e. The first kappa shape index (κ1) is 25.0. The Balaban J connectivity index is 0. The van der Waals surface area contributed by atoms with E-state index in [1.165, 1.54) is 21.0 Å². The van der Waals surface area contributed by atoms with Crippen molar-refractivity contribution in [1.82, 2.24) is 4.90 Å². The van der Waals surface area contributed by atoms with Gasteiger partial charge in [0.25, 0.3) is 0 Å². The van der Waals surface area contributed by atoms with Gasteiger partial charge in [0.05, 0.1) is 13.5 Å². The minimum Gasteiger partial charge on any atom is -0.466 e. The molecule has 25 heavy (non-hydrogen) atoms. The fourth-order valence-electron chi connectivity index (χ4n) is 1.49. The van der Waals surface area contributed by atoms with Crippen molar-refractivity contribution in [2.45, 2.75) is 20.3 Å². The number of carbonyl (C=O) groups is 4. The molecular weight excluding hydrogens is 338 g/mol. The van der Waals surface area contributed by atoms with Gasteiger partial charge in [-0.3, -0.25) is 31.0 Å². The Morgan fingerprint density at radius 2 is 1.28 bits per heavy atom. The Hall–Kier alpha value is -2.24. The van der Waals surface area contributed by atoms with Gasteiger partial charge in [-0.05, 0) is 0 Å². The highest BCUT2D eigenvalue weighted by Crippen LogP contribution is 1.96. The number of esters is 4. The SMILES string of the molecule is COC(=O)COC(=O)CCN(CCOC(C)=O)CCOC(C)=O.NN. The van der Waals surface area contributed by atoms with Crippen LogP contribution in [0.1, 0.15) is 20.3 Å². The van der Waals surface area contributed by atoms with E-state index in [4.69, 9.17) is 14.2 Å². The molecule has 146 valence electrons. The van der Waals surface area contributed by atoms with E-state index in [2.05, 4.69) is 16.4 Å². The first-order chi connectivity index (χ1) is 11.8.